The number of aryl methyl sites for hydroxylation is 1. The van der Waals surface area contributed by atoms with Gasteiger partial charge in [-0.1, -0.05) is 13.8 Å². The van der Waals surface area contributed by atoms with Gasteiger partial charge in [0, 0.05) is 24.5 Å². The molecule has 2 nitrogen and oxygen atoms in total. The fraction of sp³-hybridized carbons (Fsp3) is 0.583. The molecule has 0 unspecified atom stereocenters. The molecule has 0 N–H and O–H groups in total. The van der Waals surface area contributed by atoms with Gasteiger partial charge in [0.05, 0.1) is 0 Å². The molecule has 1 rings (SSSR count). The van der Waals surface area contributed by atoms with Gasteiger partial charge in [-0.05, 0) is 31.7 Å². The molecule has 0 fully saturated rings. The van der Waals surface area contributed by atoms with Gasteiger partial charge in [0.15, 0.2) is 5.78 Å². The molecule has 0 aliphatic carbocycles. The Morgan fingerprint density at radius 1 is 1.50 bits per heavy atom. The number of rotatable bonds is 5. The van der Waals surface area contributed by atoms with Crippen molar-refractivity contribution in [2.45, 2.75) is 40.2 Å². The van der Waals surface area contributed by atoms with Crippen LogP contribution in [0.1, 0.15) is 44.0 Å². The zero-order valence-electron chi connectivity index (χ0n) is 9.29. The van der Waals surface area contributed by atoms with E-state index in [-0.39, 0.29) is 5.78 Å². The van der Waals surface area contributed by atoms with E-state index in [0.29, 0.717) is 0 Å². The number of aromatic nitrogens is 1. The number of hydrogen-bond acceptors (Lipinski definition) is 1. The maximum atomic E-state index is 11.0. The highest BCUT2D eigenvalue weighted by atomic mass is 16.1. The van der Waals surface area contributed by atoms with Crippen LogP contribution >= 0.6 is 0 Å². The SMILES string of the molecule is CC(=O)c1ccn(CCCC(C)C)c1. The molecule has 0 atom stereocenters. The van der Waals surface area contributed by atoms with Gasteiger partial charge in [0.2, 0.25) is 0 Å². The first kappa shape index (κ1) is 11.0. The van der Waals surface area contributed by atoms with E-state index in [0.717, 1.165) is 18.0 Å². The molecule has 0 aliphatic heterocycles. The van der Waals surface area contributed by atoms with Gasteiger partial charge in [0.25, 0.3) is 0 Å². The maximum Gasteiger partial charge on any atom is 0.161 e. The predicted octanol–water partition coefficient (Wildman–Crippen LogP) is 3.13. The molecule has 0 bridgehead atoms. The van der Waals surface area contributed by atoms with Crippen molar-refractivity contribution in [2.75, 3.05) is 0 Å². The Balaban J connectivity index is 2.40. The standard InChI is InChI=1S/C12H19NO/c1-10(2)5-4-7-13-8-6-12(9-13)11(3)14/h6,8-10H,4-5,7H2,1-3H3. The van der Waals surface area contributed by atoms with Crippen molar-refractivity contribution in [1.82, 2.24) is 4.57 Å². The topological polar surface area (TPSA) is 22.0 Å². The molecule has 0 saturated carbocycles. The number of Topliss-reactive ketones (excluding diaryl/α,β-unsaturated/α-hetero) is 1. The van der Waals surface area contributed by atoms with Crippen LogP contribution in [0, 0.1) is 5.92 Å². The van der Waals surface area contributed by atoms with Gasteiger partial charge in [0.1, 0.15) is 0 Å². The molecular formula is C12H19NO. The van der Waals surface area contributed by atoms with Gasteiger partial charge in [-0.15, -0.1) is 0 Å². The van der Waals surface area contributed by atoms with Crippen molar-refractivity contribution in [1.29, 1.82) is 0 Å². The Labute approximate surface area is 85.9 Å². The molecule has 0 aliphatic rings. The summed E-state index contributed by atoms with van der Waals surface area (Å²) in [4.78, 5) is 11.0. The minimum atomic E-state index is 0.146. The first-order chi connectivity index (χ1) is 6.59. The van der Waals surface area contributed by atoms with Crippen molar-refractivity contribution in [3.05, 3.63) is 24.0 Å². The molecule has 0 amide bonds. The molecule has 1 aromatic heterocycles. The first-order valence-electron chi connectivity index (χ1n) is 5.26. The molecule has 2 heteroatoms. The zero-order valence-corrected chi connectivity index (χ0v) is 9.29. The Bertz CT molecular complexity index is 299. The Morgan fingerprint density at radius 2 is 2.21 bits per heavy atom. The van der Waals surface area contributed by atoms with Crippen molar-refractivity contribution in [3.8, 4) is 0 Å². The second kappa shape index (κ2) is 4.99. The van der Waals surface area contributed by atoms with Crippen LogP contribution in [0.3, 0.4) is 0 Å². The molecule has 78 valence electrons. The van der Waals surface area contributed by atoms with Crippen LogP contribution in [0.5, 0.6) is 0 Å². The lowest BCUT2D eigenvalue weighted by atomic mass is 10.1. The Morgan fingerprint density at radius 3 is 2.71 bits per heavy atom. The minimum absolute atomic E-state index is 0.146. The number of hydrogen-bond donors (Lipinski definition) is 0. The summed E-state index contributed by atoms with van der Waals surface area (Å²) in [5.74, 6) is 0.908. The summed E-state index contributed by atoms with van der Waals surface area (Å²) in [5.41, 5.74) is 0.814. The lowest BCUT2D eigenvalue weighted by Crippen LogP contribution is -1.97. The molecule has 0 spiro atoms. The van der Waals surface area contributed by atoms with Gasteiger partial charge in [-0.3, -0.25) is 4.79 Å². The highest BCUT2D eigenvalue weighted by Gasteiger charge is 2.01. The molecule has 1 aromatic rings. The van der Waals surface area contributed by atoms with E-state index in [1.807, 2.05) is 18.5 Å². The van der Waals surface area contributed by atoms with E-state index in [1.54, 1.807) is 6.92 Å². The van der Waals surface area contributed by atoms with Gasteiger partial charge in [-0.2, -0.15) is 0 Å². The van der Waals surface area contributed by atoms with Crippen LogP contribution in [0.4, 0.5) is 0 Å². The number of carbonyl (C=O) groups excluding carboxylic acids is 1. The van der Waals surface area contributed by atoms with Crippen LogP contribution in [0.25, 0.3) is 0 Å². The summed E-state index contributed by atoms with van der Waals surface area (Å²) in [6, 6.07) is 1.89. The van der Waals surface area contributed by atoms with Gasteiger partial charge >= 0.3 is 0 Å². The highest BCUT2D eigenvalue weighted by Crippen LogP contribution is 2.07. The summed E-state index contributed by atoms with van der Waals surface area (Å²) in [6.45, 7) is 7.09. The van der Waals surface area contributed by atoms with Crippen molar-refractivity contribution < 1.29 is 4.79 Å². The fourth-order valence-electron chi connectivity index (χ4n) is 1.47. The third-order valence-corrected chi connectivity index (χ3v) is 2.35. The Kier molecular flexibility index (Phi) is 3.93. The van der Waals surface area contributed by atoms with Crippen LogP contribution < -0.4 is 0 Å². The van der Waals surface area contributed by atoms with E-state index >= 15 is 0 Å². The van der Waals surface area contributed by atoms with Crippen LogP contribution in [-0.2, 0) is 6.54 Å². The lowest BCUT2D eigenvalue weighted by Gasteiger charge is -2.04. The maximum absolute atomic E-state index is 11.0. The van der Waals surface area contributed by atoms with E-state index in [9.17, 15) is 4.79 Å². The summed E-state index contributed by atoms with van der Waals surface area (Å²) >= 11 is 0. The van der Waals surface area contributed by atoms with Gasteiger partial charge < -0.3 is 4.57 Å². The van der Waals surface area contributed by atoms with Crippen LogP contribution in [0.15, 0.2) is 18.5 Å². The third-order valence-electron chi connectivity index (χ3n) is 2.35. The third kappa shape index (κ3) is 3.36. The summed E-state index contributed by atoms with van der Waals surface area (Å²) in [7, 11) is 0. The summed E-state index contributed by atoms with van der Waals surface area (Å²) in [5, 5.41) is 0. The van der Waals surface area contributed by atoms with E-state index in [2.05, 4.69) is 18.4 Å². The van der Waals surface area contributed by atoms with E-state index in [1.165, 1.54) is 12.8 Å². The van der Waals surface area contributed by atoms with Crippen LogP contribution in [-0.4, -0.2) is 10.4 Å². The number of nitrogens with zero attached hydrogens (tertiary/aromatic N) is 1. The normalized spacial score (nSPS) is 10.9. The predicted molar refractivity (Wildman–Crippen MR) is 58.5 cm³/mol. The quantitative estimate of drug-likeness (QED) is 0.658. The van der Waals surface area contributed by atoms with Crippen molar-refractivity contribution in [2.24, 2.45) is 5.92 Å². The lowest BCUT2D eigenvalue weighted by molar-refractivity contribution is 0.101. The largest absolute Gasteiger partial charge is 0.354 e. The zero-order chi connectivity index (χ0) is 10.6. The first-order valence-corrected chi connectivity index (χ1v) is 5.26. The van der Waals surface area contributed by atoms with Gasteiger partial charge in [-0.25, -0.2) is 0 Å². The second-order valence-corrected chi connectivity index (χ2v) is 4.23. The average Bonchev–Trinajstić information content (AvgIpc) is 2.52. The average molecular weight is 193 g/mol. The molecule has 1 heterocycles. The fourth-order valence-corrected chi connectivity index (χ4v) is 1.47. The van der Waals surface area contributed by atoms with Crippen LogP contribution in [0.2, 0.25) is 0 Å². The number of ketones is 1. The van der Waals surface area contributed by atoms with Crippen molar-refractivity contribution >= 4 is 5.78 Å². The molecular weight excluding hydrogens is 174 g/mol. The summed E-state index contributed by atoms with van der Waals surface area (Å²) in [6.07, 6.45) is 6.34. The molecule has 0 aromatic carbocycles. The molecule has 14 heavy (non-hydrogen) atoms. The van der Waals surface area contributed by atoms with E-state index < -0.39 is 0 Å². The van der Waals surface area contributed by atoms with Crippen molar-refractivity contribution in [3.63, 3.8) is 0 Å². The smallest absolute Gasteiger partial charge is 0.161 e. The highest BCUT2D eigenvalue weighted by molar-refractivity contribution is 5.93. The Hall–Kier alpha value is -1.05. The minimum Gasteiger partial charge on any atom is -0.354 e. The molecule has 0 saturated heterocycles. The molecule has 0 radical (unpaired) electrons. The second-order valence-electron chi connectivity index (χ2n) is 4.23. The summed E-state index contributed by atoms with van der Waals surface area (Å²) < 4.78 is 2.10. The monoisotopic (exact) mass is 193 g/mol. The number of carbonyl (C=O) groups is 1. The van der Waals surface area contributed by atoms with E-state index in [4.69, 9.17) is 0 Å².